The van der Waals surface area contributed by atoms with Crippen LogP contribution in [0.2, 0.25) is 10.0 Å². The molecule has 0 saturated heterocycles. The second-order valence-corrected chi connectivity index (χ2v) is 8.91. The van der Waals surface area contributed by atoms with Gasteiger partial charge in [-0.25, -0.2) is 4.52 Å². The number of pyridine rings is 1. The van der Waals surface area contributed by atoms with Gasteiger partial charge in [-0.2, -0.15) is 5.10 Å². The van der Waals surface area contributed by atoms with E-state index in [-0.39, 0.29) is 11.9 Å². The lowest BCUT2D eigenvalue weighted by molar-refractivity contribution is -0.116. The topological polar surface area (TPSA) is 52.8 Å². The Balaban J connectivity index is 1.59. The number of carbonyl (C=O) groups excluding carboxylic acids is 1. The predicted molar refractivity (Wildman–Crippen MR) is 128 cm³/mol. The molecule has 0 N–H and O–H groups in total. The standard InChI is InChI=1S/C25H26Cl2N2O3/c1-16(30)11-20-15-28-29-8-7-18(14-24(20)29)25-22(26)12-19(13-23(25)27)17-3-5-21(6-4-17)32-10-9-31-2/h3,7-8,12-15,21H,4-6,9-11H2,1-2H3. The summed E-state index contributed by atoms with van der Waals surface area (Å²) in [5, 5.41) is 5.53. The van der Waals surface area contributed by atoms with Gasteiger partial charge in [0.05, 0.1) is 41.1 Å². The number of rotatable bonds is 8. The largest absolute Gasteiger partial charge is 0.382 e. The number of carbonyl (C=O) groups is 1. The lowest BCUT2D eigenvalue weighted by Crippen LogP contribution is -2.18. The molecule has 0 bridgehead atoms. The van der Waals surface area contributed by atoms with Crippen LogP contribution in [0, 0.1) is 0 Å². The first kappa shape index (κ1) is 23.0. The normalized spacial score (nSPS) is 16.4. The number of fused-ring (bicyclic) bond motifs is 1. The number of benzene rings is 1. The molecule has 2 heterocycles. The average molecular weight is 473 g/mol. The van der Waals surface area contributed by atoms with Crippen molar-refractivity contribution in [2.24, 2.45) is 0 Å². The van der Waals surface area contributed by atoms with Gasteiger partial charge in [-0.05, 0) is 67.2 Å². The zero-order valence-electron chi connectivity index (χ0n) is 18.2. The lowest BCUT2D eigenvalue weighted by Gasteiger charge is -2.23. The molecule has 4 rings (SSSR count). The molecule has 1 atom stereocenters. The van der Waals surface area contributed by atoms with Gasteiger partial charge in [0.15, 0.2) is 0 Å². The molecule has 0 saturated carbocycles. The van der Waals surface area contributed by atoms with E-state index in [0.29, 0.717) is 29.7 Å². The van der Waals surface area contributed by atoms with Crippen LogP contribution in [0.15, 0.2) is 42.7 Å². The molecule has 2 aromatic heterocycles. The zero-order valence-corrected chi connectivity index (χ0v) is 19.7. The first-order chi connectivity index (χ1) is 15.5. The molecule has 1 aliphatic carbocycles. The van der Waals surface area contributed by atoms with Crippen LogP contribution in [0.1, 0.15) is 37.3 Å². The average Bonchev–Trinajstić information content (AvgIpc) is 3.15. The van der Waals surface area contributed by atoms with E-state index in [1.165, 1.54) is 5.57 Å². The Labute approximate surface area is 197 Å². The maximum Gasteiger partial charge on any atom is 0.134 e. The van der Waals surface area contributed by atoms with Crippen LogP contribution in [-0.2, 0) is 20.7 Å². The highest BCUT2D eigenvalue weighted by Gasteiger charge is 2.19. The number of allylic oxidation sites excluding steroid dienone is 1. The molecule has 32 heavy (non-hydrogen) atoms. The van der Waals surface area contributed by atoms with Crippen molar-refractivity contribution in [3.63, 3.8) is 0 Å². The van der Waals surface area contributed by atoms with E-state index in [4.69, 9.17) is 32.7 Å². The molecular weight excluding hydrogens is 447 g/mol. The maximum absolute atomic E-state index is 11.6. The summed E-state index contributed by atoms with van der Waals surface area (Å²) in [7, 11) is 1.68. The van der Waals surface area contributed by atoms with E-state index in [1.807, 2.05) is 30.5 Å². The number of nitrogens with zero attached hydrogens (tertiary/aromatic N) is 2. The molecule has 0 aliphatic heterocycles. The fourth-order valence-electron chi connectivity index (χ4n) is 4.15. The Hall–Kier alpha value is -2.18. The SMILES string of the molecule is COCCOC1CC=C(c2cc(Cl)c(-c3ccn4ncc(CC(C)=O)c4c3)c(Cl)c2)CC1. The minimum absolute atomic E-state index is 0.0952. The molecule has 1 aliphatic rings. The number of hydrogen-bond donors (Lipinski definition) is 0. The van der Waals surface area contributed by atoms with Gasteiger partial charge in [0.2, 0.25) is 0 Å². The number of hydrogen-bond acceptors (Lipinski definition) is 4. The molecule has 0 fully saturated rings. The number of methoxy groups -OCH3 is 1. The first-order valence-electron chi connectivity index (χ1n) is 10.7. The van der Waals surface area contributed by atoms with Gasteiger partial charge in [-0.3, -0.25) is 4.79 Å². The Morgan fingerprint density at radius 2 is 1.97 bits per heavy atom. The number of ether oxygens (including phenoxy) is 2. The highest BCUT2D eigenvalue weighted by molar-refractivity contribution is 6.39. The molecule has 3 aromatic rings. The summed E-state index contributed by atoms with van der Waals surface area (Å²) in [6.07, 6.45) is 9.13. The van der Waals surface area contributed by atoms with E-state index in [9.17, 15) is 4.79 Å². The van der Waals surface area contributed by atoms with Crippen molar-refractivity contribution in [2.75, 3.05) is 20.3 Å². The van der Waals surface area contributed by atoms with E-state index < -0.39 is 0 Å². The molecule has 168 valence electrons. The second-order valence-electron chi connectivity index (χ2n) is 8.10. The summed E-state index contributed by atoms with van der Waals surface area (Å²) in [4.78, 5) is 11.6. The Kier molecular flexibility index (Phi) is 7.31. The minimum Gasteiger partial charge on any atom is -0.382 e. The highest BCUT2D eigenvalue weighted by atomic mass is 35.5. The van der Waals surface area contributed by atoms with Crippen LogP contribution < -0.4 is 0 Å². The van der Waals surface area contributed by atoms with Crippen molar-refractivity contribution < 1.29 is 14.3 Å². The summed E-state index contributed by atoms with van der Waals surface area (Å²) in [5.74, 6) is 0.0952. The third kappa shape index (κ3) is 5.07. The summed E-state index contributed by atoms with van der Waals surface area (Å²) >= 11 is 13.4. The molecule has 0 radical (unpaired) electrons. The van der Waals surface area contributed by atoms with Crippen molar-refractivity contribution in [3.8, 4) is 11.1 Å². The van der Waals surface area contributed by atoms with Crippen LogP contribution in [0.5, 0.6) is 0 Å². The smallest absolute Gasteiger partial charge is 0.134 e. The zero-order chi connectivity index (χ0) is 22.7. The molecule has 5 nitrogen and oxygen atoms in total. The number of aromatic nitrogens is 2. The molecule has 0 amide bonds. The minimum atomic E-state index is 0.0952. The van der Waals surface area contributed by atoms with Crippen molar-refractivity contribution >= 4 is 40.1 Å². The molecule has 0 spiro atoms. The summed E-state index contributed by atoms with van der Waals surface area (Å²) in [6.45, 7) is 2.81. The number of Topliss-reactive ketones (excluding diaryl/α,β-unsaturated/α-hetero) is 1. The van der Waals surface area contributed by atoms with E-state index in [0.717, 1.165) is 47.0 Å². The third-order valence-electron chi connectivity index (χ3n) is 5.75. The maximum atomic E-state index is 11.6. The summed E-state index contributed by atoms with van der Waals surface area (Å²) < 4.78 is 12.7. The lowest BCUT2D eigenvalue weighted by atomic mass is 9.91. The van der Waals surface area contributed by atoms with Gasteiger partial charge >= 0.3 is 0 Å². The fourth-order valence-corrected chi connectivity index (χ4v) is 4.85. The second kappa shape index (κ2) is 10.2. The van der Waals surface area contributed by atoms with Crippen molar-refractivity contribution in [1.82, 2.24) is 9.61 Å². The van der Waals surface area contributed by atoms with Crippen LogP contribution in [0.3, 0.4) is 0 Å². The highest BCUT2D eigenvalue weighted by Crippen LogP contribution is 2.39. The fraction of sp³-hybridized carbons (Fsp3) is 0.360. The Bertz CT molecular complexity index is 1150. The van der Waals surface area contributed by atoms with Gasteiger partial charge < -0.3 is 9.47 Å². The Morgan fingerprint density at radius 1 is 1.19 bits per heavy atom. The monoisotopic (exact) mass is 472 g/mol. The van der Waals surface area contributed by atoms with Crippen molar-refractivity contribution in [1.29, 1.82) is 0 Å². The van der Waals surface area contributed by atoms with Crippen molar-refractivity contribution in [2.45, 2.75) is 38.7 Å². The van der Waals surface area contributed by atoms with E-state index in [2.05, 4.69) is 11.2 Å². The summed E-state index contributed by atoms with van der Waals surface area (Å²) in [5.41, 5.74) is 5.73. The molecular formula is C25H26Cl2N2O3. The number of ketones is 1. The van der Waals surface area contributed by atoms with Gasteiger partial charge in [0.1, 0.15) is 5.78 Å². The van der Waals surface area contributed by atoms with Crippen molar-refractivity contribution in [3.05, 3.63) is 63.9 Å². The van der Waals surface area contributed by atoms with Crippen LogP contribution in [0.25, 0.3) is 22.2 Å². The van der Waals surface area contributed by atoms with Crippen LogP contribution in [-0.4, -0.2) is 41.8 Å². The van der Waals surface area contributed by atoms with Crippen LogP contribution >= 0.6 is 23.2 Å². The first-order valence-corrected chi connectivity index (χ1v) is 11.5. The van der Waals surface area contributed by atoms with E-state index >= 15 is 0 Å². The molecule has 1 aromatic carbocycles. The molecule has 1 unspecified atom stereocenters. The summed E-state index contributed by atoms with van der Waals surface area (Å²) in [6, 6.07) is 7.89. The van der Waals surface area contributed by atoms with Crippen LogP contribution in [0.4, 0.5) is 0 Å². The molecule has 7 heteroatoms. The van der Waals surface area contributed by atoms with Gasteiger partial charge in [-0.1, -0.05) is 29.3 Å². The van der Waals surface area contributed by atoms with Gasteiger partial charge in [-0.15, -0.1) is 0 Å². The van der Waals surface area contributed by atoms with Gasteiger partial charge in [0, 0.05) is 30.9 Å². The van der Waals surface area contributed by atoms with E-state index in [1.54, 1.807) is 24.7 Å². The Morgan fingerprint density at radius 3 is 2.62 bits per heavy atom. The third-order valence-corrected chi connectivity index (χ3v) is 6.34. The quantitative estimate of drug-likeness (QED) is 0.375. The number of halogens is 2. The predicted octanol–water partition coefficient (Wildman–Crippen LogP) is 6.04. The van der Waals surface area contributed by atoms with Gasteiger partial charge in [0.25, 0.3) is 0 Å².